The number of anilines is 1. The summed E-state index contributed by atoms with van der Waals surface area (Å²) < 4.78 is 78.7. The molecule has 0 aliphatic carbocycles. The minimum absolute atomic E-state index is 0.112. The largest absolute Gasteiger partial charge is 0.482 e. The summed E-state index contributed by atoms with van der Waals surface area (Å²) in [4.78, 5) is 3.06. The van der Waals surface area contributed by atoms with E-state index in [0.29, 0.717) is 0 Å². The van der Waals surface area contributed by atoms with E-state index in [2.05, 4.69) is 9.73 Å². The first kappa shape index (κ1) is 18.4. The molecule has 1 rings (SSSR count). The zero-order chi connectivity index (χ0) is 17.1. The van der Waals surface area contributed by atoms with Gasteiger partial charge in [-0.25, -0.2) is 0 Å². The molecule has 0 aliphatic rings. The number of aryl methyl sites for hydroxylation is 1. The summed E-state index contributed by atoms with van der Waals surface area (Å²) >= 11 is 5.72. The lowest BCUT2D eigenvalue weighted by molar-refractivity contribution is -0.153. The first-order valence-electron chi connectivity index (χ1n) is 5.74. The first-order chi connectivity index (χ1) is 9.94. The van der Waals surface area contributed by atoms with Crippen LogP contribution in [0.2, 0.25) is 5.02 Å². The van der Waals surface area contributed by atoms with E-state index in [1.54, 1.807) is 0 Å². The molecule has 0 saturated carbocycles. The Hall–Kier alpha value is -1.64. The molecule has 1 N–H and O–H groups in total. The zero-order valence-corrected chi connectivity index (χ0v) is 12.1. The molecule has 0 aromatic heterocycles. The van der Waals surface area contributed by atoms with Gasteiger partial charge in [0.1, 0.15) is 5.75 Å². The number of alkyl halides is 6. The lowest BCUT2D eigenvalue weighted by atomic mass is 10.2. The van der Waals surface area contributed by atoms with Crippen molar-refractivity contribution in [3.05, 3.63) is 22.7 Å². The van der Waals surface area contributed by atoms with Gasteiger partial charge in [-0.05, 0) is 18.6 Å². The van der Waals surface area contributed by atoms with Crippen molar-refractivity contribution in [1.29, 1.82) is 0 Å². The molecule has 0 saturated heterocycles. The van der Waals surface area contributed by atoms with Crippen molar-refractivity contribution in [1.82, 2.24) is 0 Å². The van der Waals surface area contributed by atoms with Crippen LogP contribution in [0.4, 0.5) is 32.0 Å². The number of amidine groups is 1. The molecule has 0 radical (unpaired) electrons. The van der Waals surface area contributed by atoms with Gasteiger partial charge in [-0.2, -0.15) is 26.3 Å². The van der Waals surface area contributed by atoms with Crippen molar-refractivity contribution in [2.75, 3.05) is 19.0 Å². The Morgan fingerprint density at radius 1 is 1.23 bits per heavy atom. The molecule has 0 atom stereocenters. The van der Waals surface area contributed by atoms with Crippen molar-refractivity contribution < 1.29 is 31.1 Å². The van der Waals surface area contributed by atoms with Gasteiger partial charge in [0, 0.05) is 18.8 Å². The average molecular weight is 349 g/mol. The Morgan fingerprint density at radius 3 is 2.27 bits per heavy atom. The zero-order valence-electron chi connectivity index (χ0n) is 11.4. The van der Waals surface area contributed by atoms with Crippen LogP contribution in [0.1, 0.15) is 5.56 Å². The van der Waals surface area contributed by atoms with Gasteiger partial charge in [0.2, 0.25) is 5.84 Å². The van der Waals surface area contributed by atoms with Crippen LogP contribution >= 0.6 is 11.6 Å². The molecular formula is C12H11ClF6N2O. The van der Waals surface area contributed by atoms with Crippen molar-refractivity contribution in [2.24, 2.45) is 4.99 Å². The molecule has 1 aromatic carbocycles. The number of aliphatic imine (C=N–C) groups is 1. The number of halogens is 7. The third-order valence-corrected chi connectivity index (χ3v) is 2.71. The fourth-order valence-corrected chi connectivity index (χ4v) is 1.71. The van der Waals surface area contributed by atoms with Crippen LogP contribution in [-0.2, 0) is 0 Å². The van der Waals surface area contributed by atoms with E-state index in [0.717, 1.165) is 13.1 Å². The van der Waals surface area contributed by atoms with E-state index in [4.69, 9.17) is 11.6 Å². The van der Waals surface area contributed by atoms with Gasteiger partial charge in [-0.1, -0.05) is 11.6 Å². The monoisotopic (exact) mass is 348 g/mol. The predicted molar refractivity (Wildman–Crippen MR) is 70.8 cm³/mol. The van der Waals surface area contributed by atoms with E-state index >= 15 is 0 Å². The van der Waals surface area contributed by atoms with Crippen molar-refractivity contribution in [3.63, 3.8) is 0 Å². The highest BCUT2D eigenvalue weighted by Gasteiger charge is 2.36. The number of nitrogens with zero attached hydrogens (tertiary/aromatic N) is 1. The maximum Gasteiger partial charge on any atom is 0.449 e. The summed E-state index contributed by atoms with van der Waals surface area (Å²) in [6.07, 6.45) is -9.32. The van der Waals surface area contributed by atoms with E-state index in [9.17, 15) is 26.3 Å². The van der Waals surface area contributed by atoms with Gasteiger partial charge < -0.3 is 10.1 Å². The fourth-order valence-electron chi connectivity index (χ4n) is 1.44. The Kier molecular flexibility index (Phi) is 5.55. The van der Waals surface area contributed by atoms with Crippen LogP contribution in [0, 0.1) is 6.92 Å². The molecule has 0 bridgehead atoms. The standard InChI is InChI=1S/C12H11ClF6N2O/c1-6-3-7(13)9(22-5-11(14,15)16)4-8(6)21-10(20-2)12(17,18)19/h3-4H,5H2,1-2H3,(H,20,21). The normalized spacial score (nSPS) is 13.2. The summed E-state index contributed by atoms with van der Waals surface area (Å²) in [6.45, 7) is -0.172. The van der Waals surface area contributed by atoms with E-state index < -0.39 is 24.8 Å². The quantitative estimate of drug-likeness (QED) is 0.492. The molecule has 10 heteroatoms. The number of ether oxygens (including phenoxy) is 1. The van der Waals surface area contributed by atoms with E-state index in [1.165, 1.54) is 13.0 Å². The first-order valence-corrected chi connectivity index (χ1v) is 6.12. The summed E-state index contributed by atoms with van der Waals surface area (Å²) in [5, 5.41) is 1.86. The van der Waals surface area contributed by atoms with Crippen LogP contribution in [0.25, 0.3) is 0 Å². The van der Waals surface area contributed by atoms with Gasteiger partial charge in [0.25, 0.3) is 0 Å². The van der Waals surface area contributed by atoms with Crippen LogP contribution < -0.4 is 10.1 Å². The Balaban J connectivity index is 3.06. The average Bonchev–Trinajstić information content (AvgIpc) is 2.33. The molecule has 124 valence electrons. The molecule has 0 heterocycles. The van der Waals surface area contributed by atoms with E-state index in [-0.39, 0.29) is 22.0 Å². The number of nitrogens with one attached hydrogen (secondary N) is 1. The SMILES string of the molecule is CN=C(Nc1cc(OCC(F)(F)F)c(Cl)cc1C)C(F)(F)F. The second-order valence-electron chi connectivity index (χ2n) is 4.20. The maximum atomic E-state index is 12.6. The van der Waals surface area contributed by atoms with Crippen LogP contribution in [0.15, 0.2) is 17.1 Å². The number of benzene rings is 1. The second kappa shape index (κ2) is 6.64. The van der Waals surface area contributed by atoms with Crippen molar-refractivity contribution in [2.45, 2.75) is 19.3 Å². The van der Waals surface area contributed by atoms with Gasteiger partial charge >= 0.3 is 12.4 Å². The fraction of sp³-hybridized carbons (Fsp3) is 0.417. The molecular weight excluding hydrogens is 338 g/mol. The number of rotatable bonds is 3. The molecule has 22 heavy (non-hydrogen) atoms. The second-order valence-corrected chi connectivity index (χ2v) is 4.60. The third kappa shape index (κ3) is 5.28. The summed E-state index contributed by atoms with van der Waals surface area (Å²) in [7, 11) is 0.933. The van der Waals surface area contributed by atoms with Gasteiger partial charge in [0.05, 0.1) is 5.02 Å². The van der Waals surface area contributed by atoms with Gasteiger partial charge in [-0.3, -0.25) is 4.99 Å². The molecule has 0 fully saturated rings. The molecule has 0 amide bonds. The topological polar surface area (TPSA) is 33.6 Å². The highest BCUT2D eigenvalue weighted by molar-refractivity contribution is 6.32. The Morgan fingerprint density at radius 2 is 1.82 bits per heavy atom. The molecule has 0 aliphatic heterocycles. The van der Waals surface area contributed by atoms with Crippen LogP contribution in [-0.4, -0.2) is 31.8 Å². The molecule has 3 nitrogen and oxygen atoms in total. The molecule has 1 aromatic rings. The summed E-state index contributed by atoms with van der Waals surface area (Å²) in [6, 6.07) is 2.15. The van der Waals surface area contributed by atoms with Gasteiger partial charge in [0.15, 0.2) is 6.61 Å². The minimum atomic E-state index is -4.73. The Labute approximate surface area is 126 Å². The smallest absolute Gasteiger partial charge is 0.449 e. The number of hydrogen-bond donors (Lipinski definition) is 1. The third-order valence-electron chi connectivity index (χ3n) is 2.42. The van der Waals surface area contributed by atoms with E-state index in [1.807, 2.05) is 5.32 Å². The van der Waals surface area contributed by atoms with Gasteiger partial charge in [-0.15, -0.1) is 0 Å². The maximum absolute atomic E-state index is 12.6. The predicted octanol–water partition coefficient (Wildman–Crippen LogP) is 4.59. The summed E-state index contributed by atoms with van der Waals surface area (Å²) in [5.74, 6) is -1.68. The highest BCUT2D eigenvalue weighted by Crippen LogP contribution is 2.33. The van der Waals surface area contributed by atoms with Crippen molar-refractivity contribution in [3.8, 4) is 5.75 Å². The van der Waals surface area contributed by atoms with Crippen LogP contribution in [0.5, 0.6) is 5.75 Å². The number of hydrogen-bond acceptors (Lipinski definition) is 2. The molecule has 0 unspecified atom stereocenters. The lowest BCUT2D eigenvalue weighted by Crippen LogP contribution is -2.30. The molecule has 0 spiro atoms. The Bertz CT molecular complexity index is 568. The van der Waals surface area contributed by atoms with Crippen molar-refractivity contribution >= 4 is 23.1 Å². The van der Waals surface area contributed by atoms with Crippen LogP contribution in [0.3, 0.4) is 0 Å². The summed E-state index contributed by atoms with van der Waals surface area (Å²) in [5.41, 5.74) is 0.175. The highest BCUT2D eigenvalue weighted by atomic mass is 35.5. The minimum Gasteiger partial charge on any atom is -0.482 e. The lowest BCUT2D eigenvalue weighted by Gasteiger charge is -2.17.